The molecular weight excluding hydrogens is 230 g/mol. The number of ether oxygens (including phenoxy) is 1. The summed E-state index contributed by atoms with van der Waals surface area (Å²) in [4.78, 5) is 17.5. The molecule has 0 saturated heterocycles. The molecule has 0 aromatic carbocycles. The number of hydrogen-bond donors (Lipinski definition) is 0. The zero-order valence-corrected chi connectivity index (χ0v) is 10.9. The fraction of sp³-hybridized carbons (Fsp3) is 0.462. The number of carbonyl (C=O) groups excluding carboxylic acids is 1. The fourth-order valence-corrected chi connectivity index (χ4v) is 1.46. The average Bonchev–Trinajstić information content (AvgIpc) is 2.39. The van der Waals surface area contributed by atoms with Crippen molar-refractivity contribution in [2.75, 3.05) is 14.2 Å². The minimum Gasteiger partial charge on any atom is -0.465 e. The van der Waals surface area contributed by atoms with Gasteiger partial charge in [0.15, 0.2) is 0 Å². The van der Waals surface area contributed by atoms with Gasteiger partial charge in [0.25, 0.3) is 0 Å². The maximum absolute atomic E-state index is 11.2. The third-order valence-electron chi connectivity index (χ3n) is 2.80. The molecule has 0 bridgehead atoms. The minimum absolute atomic E-state index is 0.178. The Bertz CT molecular complexity index is 437. The lowest BCUT2D eigenvalue weighted by atomic mass is 10.2. The Kier molecular flexibility index (Phi) is 5.28. The molecule has 0 N–H and O–H groups in total. The van der Waals surface area contributed by atoms with E-state index < -0.39 is 0 Å². The first kappa shape index (κ1) is 14.1. The van der Waals surface area contributed by atoms with Crippen molar-refractivity contribution in [1.29, 1.82) is 5.26 Å². The highest BCUT2D eigenvalue weighted by atomic mass is 16.5. The normalized spacial score (nSPS) is 11.9. The SMILES string of the molecule is COC(=O)c1ccc(CN(C)C(C)CC#N)nc1. The maximum Gasteiger partial charge on any atom is 0.339 e. The second-order valence-electron chi connectivity index (χ2n) is 4.16. The minimum atomic E-state index is -0.389. The number of methoxy groups -OCH3 is 1. The molecule has 1 unspecified atom stereocenters. The number of esters is 1. The van der Waals surface area contributed by atoms with Gasteiger partial charge in [0, 0.05) is 18.8 Å². The Morgan fingerprint density at radius 3 is 2.83 bits per heavy atom. The summed E-state index contributed by atoms with van der Waals surface area (Å²) in [5.41, 5.74) is 1.30. The first-order valence-electron chi connectivity index (χ1n) is 5.69. The molecule has 5 heteroatoms. The molecule has 1 atom stereocenters. The topological polar surface area (TPSA) is 66.2 Å². The van der Waals surface area contributed by atoms with Gasteiger partial charge >= 0.3 is 5.97 Å². The largest absolute Gasteiger partial charge is 0.465 e. The monoisotopic (exact) mass is 247 g/mol. The summed E-state index contributed by atoms with van der Waals surface area (Å²) in [6.07, 6.45) is 1.99. The van der Waals surface area contributed by atoms with Crippen LogP contribution in [0.1, 0.15) is 29.4 Å². The van der Waals surface area contributed by atoms with Crippen LogP contribution in [0.5, 0.6) is 0 Å². The molecule has 0 radical (unpaired) electrons. The molecule has 1 aromatic rings. The van der Waals surface area contributed by atoms with E-state index in [1.165, 1.54) is 13.3 Å². The van der Waals surface area contributed by atoms with Crippen molar-refractivity contribution in [3.63, 3.8) is 0 Å². The highest BCUT2D eigenvalue weighted by Crippen LogP contribution is 2.07. The summed E-state index contributed by atoms with van der Waals surface area (Å²) < 4.78 is 4.60. The predicted molar refractivity (Wildman–Crippen MR) is 66.7 cm³/mol. The van der Waals surface area contributed by atoms with Gasteiger partial charge in [-0.25, -0.2) is 4.79 Å². The van der Waals surface area contributed by atoms with E-state index in [1.54, 1.807) is 12.1 Å². The third kappa shape index (κ3) is 3.82. The van der Waals surface area contributed by atoms with Crippen LogP contribution >= 0.6 is 0 Å². The second-order valence-corrected chi connectivity index (χ2v) is 4.16. The van der Waals surface area contributed by atoms with Crippen LogP contribution in [0.2, 0.25) is 0 Å². The molecule has 0 amide bonds. The van der Waals surface area contributed by atoms with E-state index in [0.717, 1.165) is 5.69 Å². The zero-order valence-electron chi connectivity index (χ0n) is 10.9. The van der Waals surface area contributed by atoms with Gasteiger partial charge in [-0.2, -0.15) is 5.26 Å². The molecule has 1 heterocycles. The number of rotatable bonds is 5. The van der Waals surface area contributed by atoms with Crippen molar-refractivity contribution in [3.05, 3.63) is 29.6 Å². The predicted octanol–water partition coefficient (Wildman–Crippen LogP) is 1.60. The number of carbonyl (C=O) groups is 1. The van der Waals surface area contributed by atoms with Crippen LogP contribution in [0, 0.1) is 11.3 Å². The molecule has 0 aliphatic carbocycles. The van der Waals surface area contributed by atoms with Crippen LogP contribution in [0.15, 0.2) is 18.3 Å². The van der Waals surface area contributed by atoms with E-state index in [2.05, 4.69) is 15.8 Å². The van der Waals surface area contributed by atoms with Gasteiger partial charge in [-0.05, 0) is 26.1 Å². The molecule has 0 aliphatic heterocycles. The highest BCUT2D eigenvalue weighted by Gasteiger charge is 2.11. The molecule has 18 heavy (non-hydrogen) atoms. The van der Waals surface area contributed by atoms with Crippen LogP contribution in [0.3, 0.4) is 0 Å². The lowest BCUT2D eigenvalue weighted by Gasteiger charge is -2.21. The number of nitriles is 1. The fourth-order valence-electron chi connectivity index (χ4n) is 1.46. The number of aromatic nitrogens is 1. The third-order valence-corrected chi connectivity index (χ3v) is 2.80. The van der Waals surface area contributed by atoms with Gasteiger partial charge in [0.1, 0.15) is 0 Å². The average molecular weight is 247 g/mol. The Hall–Kier alpha value is -1.93. The Balaban J connectivity index is 2.64. The van der Waals surface area contributed by atoms with E-state index in [-0.39, 0.29) is 12.0 Å². The lowest BCUT2D eigenvalue weighted by molar-refractivity contribution is 0.0600. The summed E-state index contributed by atoms with van der Waals surface area (Å²) in [7, 11) is 3.28. The quantitative estimate of drug-likeness (QED) is 0.739. The Morgan fingerprint density at radius 1 is 1.61 bits per heavy atom. The summed E-state index contributed by atoms with van der Waals surface area (Å²) in [5.74, 6) is -0.389. The smallest absolute Gasteiger partial charge is 0.339 e. The van der Waals surface area contributed by atoms with Gasteiger partial charge in [0.2, 0.25) is 0 Å². The highest BCUT2D eigenvalue weighted by molar-refractivity contribution is 5.88. The van der Waals surface area contributed by atoms with Crippen molar-refractivity contribution < 1.29 is 9.53 Å². The molecule has 96 valence electrons. The molecule has 1 rings (SSSR count). The van der Waals surface area contributed by atoms with Crippen LogP contribution in [-0.2, 0) is 11.3 Å². The van der Waals surface area contributed by atoms with Crippen molar-refractivity contribution in [2.24, 2.45) is 0 Å². The van der Waals surface area contributed by atoms with Crippen molar-refractivity contribution in [3.8, 4) is 6.07 Å². The molecule has 0 saturated carbocycles. The van der Waals surface area contributed by atoms with Crippen molar-refractivity contribution >= 4 is 5.97 Å². The summed E-state index contributed by atoms with van der Waals surface area (Å²) in [6, 6.07) is 5.81. The Morgan fingerprint density at radius 2 is 2.33 bits per heavy atom. The first-order valence-corrected chi connectivity index (χ1v) is 5.69. The van der Waals surface area contributed by atoms with E-state index in [0.29, 0.717) is 18.5 Å². The van der Waals surface area contributed by atoms with E-state index in [1.807, 2.05) is 18.9 Å². The van der Waals surface area contributed by atoms with E-state index in [9.17, 15) is 4.79 Å². The molecule has 0 fully saturated rings. The molecule has 0 spiro atoms. The molecular formula is C13H17N3O2. The van der Waals surface area contributed by atoms with Gasteiger partial charge < -0.3 is 4.74 Å². The standard InChI is InChI=1S/C13H17N3O2/c1-10(6-7-14)16(2)9-12-5-4-11(8-15-12)13(17)18-3/h4-5,8,10H,6,9H2,1-3H3. The second kappa shape index (κ2) is 6.72. The van der Waals surface area contributed by atoms with Crippen molar-refractivity contribution in [2.45, 2.75) is 25.9 Å². The number of hydrogen-bond acceptors (Lipinski definition) is 5. The lowest BCUT2D eigenvalue weighted by Crippen LogP contribution is -2.28. The summed E-state index contributed by atoms with van der Waals surface area (Å²) >= 11 is 0. The zero-order chi connectivity index (χ0) is 13.5. The molecule has 5 nitrogen and oxygen atoms in total. The van der Waals surface area contributed by atoms with Gasteiger partial charge in [-0.15, -0.1) is 0 Å². The molecule has 0 aliphatic rings. The van der Waals surface area contributed by atoms with E-state index >= 15 is 0 Å². The molecule has 1 aromatic heterocycles. The maximum atomic E-state index is 11.2. The Labute approximate surface area is 107 Å². The van der Waals surface area contributed by atoms with Gasteiger partial charge in [0.05, 0.1) is 30.9 Å². The number of nitrogens with zero attached hydrogens (tertiary/aromatic N) is 3. The van der Waals surface area contributed by atoms with E-state index in [4.69, 9.17) is 5.26 Å². The van der Waals surface area contributed by atoms with Crippen molar-refractivity contribution in [1.82, 2.24) is 9.88 Å². The summed E-state index contributed by atoms with van der Waals surface area (Å²) in [5, 5.41) is 8.63. The van der Waals surface area contributed by atoms with Gasteiger partial charge in [-0.1, -0.05) is 0 Å². The van der Waals surface area contributed by atoms with Crippen LogP contribution in [0.25, 0.3) is 0 Å². The summed E-state index contributed by atoms with van der Waals surface area (Å²) in [6.45, 7) is 2.64. The number of pyridine rings is 1. The van der Waals surface area contributed by atoms with Crippen LogP contribution < -0.4 is 0 Å². The van der Waals surface area contributed by atoms with Gasteiger partial charge in [-0.3, -0.25) is 9.88 Å². The van der Waals surface area contributed by atoms with Crippen LogP contribution in [-0.4, -0.2) is 36.1 Å². The van der Waals surface area contributed by atoms with Crippen LogP contribution in [0.4, 0.5) is 0 Å². The first-order chi connectivity index (χ1) is 8.58.